The minimum atomic E-state index is -0.488. The van der Waals surface area contributed by atoms with E-state index in [9.17, 15) is 4.79 Å². The second-order valence-corrected chi connectivity index (χ2v) is 6.60. The lowest BCUT2D eigenvalue weighted by Gasteiger charge is -2.07. The van der Waals surface area contributed by atoms with Gasteiger partial charge in [0.2, 0.25) is 5.76 Å². The standard InChI is InChI=1S/C17H17ClN2O4S/c1-22-8-7-20-14-5-3-11(18)9-13(14)19-17(20)25-10-12-4-6-15(24-12)16(21)23-2/h3-6,9H,7-8,10H2,1-2H3. The first-order valence-corrected chi connectivity index (χ1v) is 8.93. The van der Waals surface area contributed by atoms with Crippen LogP contribution in [0.4, 0.5) is 0 Å². The Balaban J connectivity index is 1.82. The molecular weight excluding hydrogens is 364 g/mol. The zero-order valence-corrected chi connectivity index (χ0v) is 15.4. The van der Waals surface area contributed by atoms with Crippen LogP contribution in [0.2, 0.25) is 5.02 Å². The molecule has 6 nitrogen and oxygen atoms in total. The number of halogens is 1. The van der Waals surface area contributed by atoms with Gasteiger partial charge in [-0.3, -0.25) is 0 Å². The fraction of sp³-hybridized carbons (Fsp3) is 0.294. The smallest absolute Gasteiger partial charge is 0.373 e. The van der Waals surface area contributed by atoms with Crippen LogP contribution >= 0.6 is 23.4 Å². The summed E-state index contributed by atoms with van der Waals surface area (Å²) in [6.07, 6.45) is 0. The number of carbonyl (C=O) groups excluding carboxylic acids is 1. The summed E-state index contributed by atoms with van der Waals surface area (Å²) in [6.45, 7) is 1.26. The molecule has 0 aliphatic carbocycles. The summed E-state index contributed by atoms with van der Waals surface area (Å²) in [4.78, 5) is 16.1. The molecule has 2 heterocycles. The Hall–Kier alpha value is -1.96. The Labute approximate surface area is 154 Å². The molecule has 0 bridgehead atoms. The molecular formula is C17H17ClN2O4S. The summed E-state index contributed by atoms with van der Waals surface area (Å²) in [7, 11) is 2.99. The molecule has 25 heavy (non-hydrogen) atoms. The predicted molar refractivity (Wildman–Crippen MR) is 96.2 cm³/mol. The van der Waals surface area contributed by atoms with Crippen molar-refractivity contribution in [3.05, 3.63) is 46.9 Å². The first-order valence-electron chi connectivity index (χ1n) is 7.57. The minimum Gasteiger partial charge on any atom is -0.463 e. The molecule has 0 saturated carbocycles. The number of aromatic nitrogens is 2. The molecule has 0 radical (unpaired) electrons. The highest BCUT2D eigenvalue weighted by atomic mass is 35.5. The molecule has 1 aromatic carbocycles. The van der Waals surface area contributed by atoms with Gasteiger partial charge >= 0.3 is 5.97 Å². The SMILES string of the molecule is COCCn1c(SCc2ccc(C(=O)OC)o2)nc2cc(Cl)ccc21. The Morgan fingerprint density at radius 3 is 2.92 bits per heavy atom. The van der Waals surface area contributed by atoms with Gasteiger partial charge in [-0.15, -0.1) is 0 Å². The quantitative estimate of drug-likeness (QED) is 0.455. The molecule has 132 valence electrons. The second kappa shape index (κ2) is 7.95. The van der Waals surface area contributed by atoms with Crippen LogP contribution in [0.1, 0.15) is 16.3 Å². The normalized spacial score (nSPS) is 11.2. The summed E-state index contributed by atoms with van der Waals surface area (Å²) in [6, 6.07) is 9.01. The van der Waals surface area contributed by atoms with Gasteiger partial charge in [-0.25, -0.2) is 9.78 Å². The van der Waals surface area contributed by atoms with Gasteiger partial charge in [-0.05, 0) is 30.3 Å². The third kappa shape index (κ3) is 4.00. The molecule has 0 atom stereocenters. The number of hydrogen-bond acceptors (Lipinski definition) is 6. The van der Waals surface area contributed by atoms with Crippen molar-refractivity contribution in [1.29, 1.82) is 0 Å². The van der Waals surface area contributed by atoms with E-state index in [-0.39, 0.29) is 5.76 Å². The highest BCUT2D eigenvalue weighted by Crippen LogP contribution is 2.29. The lowest BCUT2D eigenvalue weighted by Crippen LogP contribution is -2.05. The topological polar surface area (TPSA) is 66.5 Å². The van der Waals surface area contributed by atoms with Crippen LogP contribution in [-0.2, 0) is 21.8 Å². The minimum absolute atomic E-state index is 0.192. The van der Waals surface area contributed by atoms with E-state index in [1.807, 2.05) is 18.2 Å². The maximum Gasteiger partial charge on any atom is 0.373 e. The van der Waals surface area contributed by atoms with Gasteiger partial charge < -0.3 is 18.5 Å². The molecule has 3 rings (SSSR count). The number of rotatable bonds is 7. The molecule has 2 aromatic heterocycles. The van der Waals surface area contributed by atoms with E-state index in [4.69, 9.17) is 20.8 Å². The van der Waals surface area contributed by atoms with Gasteiger partial charge in [0.25, 0.3) is 0 Å². The number of imidazole rings is 1. The number of methoxy groups -OCH3 is 2. The van der Waals surface area contributed by atoms with E-state index >= 15 is 0 Å². The molecule has 0 aliphatic heterocycles. The van der Waals surface area contributed by atoms with Crippen molar-refractivity contribution in [2.45, 2.75) is 17.5 Å². The van der Waals surface area contributed by atoms with Crippen molar-refractivity contribution in [3.63, 3.8) is 0 Å². The molecule has 8 heteroatoms. The lowest BCUT2D eigenvalue weighted by molar-refractivity contribution is 0.0563. The molecule has 3 aromatic rings. The first kappa shape index (κ1) is 17.8. The number of fused-ring (bicyclic) bond motifs is 1. The zero-order chi connectivity index (χ0) is 17.8. The number of benzene rings is 1. The molecule has 0 aliphatic rings. The largest absolute Gasteiger partial charge is 0.463 e. The Morgan fingerprint density at radius 1 is 1.32 bits per heavy atom. The molecule has 0 unspecified atom stereocenters. The average Bonchev–Trinajstić information content (AvgIpc) is 3.21. The summed E-state index contributed by atoms with van der Waals surface area (Å²) in [5.74, 6) is 0.922. The fourth-order valence-electron chi connectivity index (χ4n) is 2.39. The summed E-state index contributed by atoms with van der Waals surface area (Å²) < 4.78 is 17.4. The molecule has 0 N–H and O–H groups in total. The lowest BCUT2D eigenvalue weighted by atomic mass is 10.3. The van der Waals surface area contributed by atoms with Gasteiger partial charge in [-0.1, -0.05) is 23.4 Å². The highest BCUT2D eigenvalue weighted by molar-refractivity contribution is 7.98. The number of carbonyl (C=O) groups is 1. The Morgan fingerprint density at radius 2 is 2.16 bits per heavy atom. The van der Waals surface area contributed by atoms with Crippen LogP contribution in [-0.4, -0.2) is 36.3 Å². The van der Waals surface area contributed by atoms with E-state index in [2.05, 4.69) is 14.3 Å². The van der Waals surface area contributed by atoms with Crippen molar-refractivity contribution < 1.29 is 18.7 Å². The Bertz CT molecular complexity index is 890. The van der Waals surface area contributed by atoms with Crippen LogP contribution in [0.15, 0.2) is 39.9 Å². The van der Waals surface area contributed by atoms with Gasteiger partial charge in [-0.2, -0.15) is 0 Å². The van der Waals surface area contributed by atoms with E-state index < -0.39 is 5.97 Å². The summed E-state index contributed by atoms with van der Waals surface area (Å²) in [5, 5.41) is 1.49. The van der Waals surface area contributed by atoms with E-state index in [1.54, 1.807) is 19.2 Å². The highest BCUT2D eigenvalue weighted by Gasteiger charge is 2.15. The monoisotopic (exact) mass is 380 g/mol. The van der Waals surface area contributed by atoms with Crippen LogP contribution in [0, 0.1) is 0 Å². The maximum absolute atomic E-state index is 11.5. The van der Waals surface area contributed by atoms with Crippen LogP contribution in [0.3, 0.4) is 0 Å². The molecule has 0 saturated heterocycles. The van der Waals surface area contributed by atoms with Crippen LogP contribution < -0.4 is 0 Å². The summed E-state index contributed by atoms with van der Waals surface area (Å²) in [5.41, 5.74) is 1.83. The predicted octanol–water partition coefficient (Wildman–Crippen LogP) is 4.01. The van der Waals surface area contributed by atoms with Crippen molar-refractivity contribution in [2.75, 3.05) is 20.8 Å². The van der Waals surface area contributed by atoms with Gasteiger partial charge in [0.1, 0.15) is 5.76 Å². The van der Waals surface area contributed by atoms with Gasteiger partial charge in [0.15, 0.2) is 5.16 Å². The van der Waals surface area contributed by atoms with Crippen LogP contribution in [0.25, 0.3) is 11.0 Å². The fourth-order valence-corrected chi connectivity index (χ4v) is 3.49. The van der Waals surface area contributed by atoms with Crippen molar-refractivity contribution in [2.24, 2.45) is 0 Å². The number of hydrogen-bond donors (Lipinski definition) is 0. The van der Waals surface area contributed by atoms with E-state index in [0.29, 0.717) is 29.7 Å². The van der Waals surface area contributed by atoms with Crippen molar-refractivity contribution >= 4 is 40.4 Å². The number of nitrogens with zero attached hydrogens (tertiary/aromatic N) is 2. The molecule has 0 fully saturated rings. The van der Waals surface area contributed by atoms with Crippen LogP contribution in [0.5, 0.6) is 0 Å². The maximum atomic E-state index is 11.5. The number of ether oxygens (including phenoxy) is 2. The number of esters is 1. The zero-order valence-electron chi connectivity index (χ0n) is 13.8. The molecule has 0 spiro atoms. The number of furan rings is 1. The average molecular weight is 381 g/mol. The van der Waals surface area contributed by atoms with Gasteiger partial charge in [0, 0.05) is 18.7 Å². The first-order chi connectivity index (χ1) is 12.1. The van der Waals surface area contributed by atoms with Gasteiger partial charge in [0.05, 0.1) is 30.5 Å². The van der Waals surface area contributed by atoms with Crippen molar-refractivity contribution in [1.82, 2.24) is 9.55 Å². The molecule has 0 amide bonds. The number of thioether (sulfide) groups is 1. The third-order valence-electron chi connectivity index (χ3n) is 3.59. The third-order valence-corrected chi connectivity index (χ3v) is 4.82. The second-order valence-electron chi connectivity index (χ2n) is 5.22. The van der Waals surface area contributed by atoms with Crippen molar-refractivity contribution in [3.8, 4) is 0 Å². The Kier molecular flexibility index (Phi) is 5.67. The van der Waals surface area contributed by atoms with E-state index in [0.717, 1.165) is 16.2 Å². The summed E-state index contributed by atoms with van der Waals surface area (Å²) >= 11 is 7.59. The van der Waals surface area contributed by atoms with E-state index in [1.165, 1.54) is 18.9 Å².